The highest BCUT2D eigenvalue weighted by atomic mass is 35.5. The predicted molar refractivity (Wildman–Crippen MR) is 71.6 cm³/mol. The zero-order valence-corrected chi connectivity index (χ0v) is 12.2. The van der Waals surface area contributed by atoms with E-state index in [2.05, 4.69) is 5.10 Å². The molecule has 0 fully saturated rings. The molecule has 0 aliphatic carbocycles. The molecule has 0 atom stereocenters. The van der Waals surface area contributed by atoms with E-state index in [1.807, 2.05) is 6.92 Å². The number of aryl methyl sites for hydroxylation is 2. The zero-order valence-electron chi connectivity index (χ0n) is 11.4. The van der Waals surface area contributed by atoms with Gasteiger partial charge >= 0.3 is 6.18 Å². The Kier molecular flexibility index (Phi) is 4.13. The molecule has 2 heterocycles. The van der Waals surface area contributed by atoms with E-state index in [0.29, 0.717) is 23.0 Å². The molecule has 0 N–H and O–H groups in total. The fraction of sp³-hybridized carbons (Fsp3) is 0.385. The minimum absolute atomic E-state index is 0.249. The molecule has 114 valence electrons. The summed E-state index contributed by atoms with van der Waals surface area (Å²) >= 11 is 6.14. The maximum atomic E-state index is 12.4. The summed E-state index contributed by atoms with van der Waals surface area (Å²) in [5.74, 6) is -1.85. The SMILES string of the molecule is CCn1nc(C)c(Cl)c1Cn1ccc(C(=O)C(F)(F)F)c1. The smallest absolute Gasteiger partial charge is 0.348 e. The number of hydrogen-bond acceptors (Lipinski definition) is 2. The highest BCUT2D eigenvalue weighted by molar-refractivity contribution is 6.31. The molecule has 21 heavy (non-hydrogen) atoms. The Morgan fingerprint density at radius 2 is 2.10 bits per heavy atom. The number of halogens is 4. The highest BCUT2D eigenvalue weighted by Crippen LogP contribution is 2.24. The largest absolute Gasteiger partial charge is 0.454 e. The number of ketones is 1. The van der Waals surface area contributed by atoms with Crippen molar-refractivity contribution in [1.82, 2.24) is 14.3 Å². The molecular formula is C13H13ClF3N3O. The molecule has 0 saturated carbocycles. The van der Waals surface area contributed by atoms with E-state index in [9.17, 15) is 18.0 Å². The van der Waals surface area contributed by atoms with Crippen molar-refractivity contribution >= 4 is 17.4 Å². The van der Waals surface area contributed by atoms with Crippen LogP contribution in [0, 0.1) is 6.92 Å². The molecule has 2 rings (SSSR count). The molecule has 0 saturated heterocycles. The standard InChI is InChI=1S/C13H13ClF3N3O/c1-3-20-10(11(14)8(2)18-20)7-19-5-4-9(6-19)12(21)13(15,16)17/h4-6H,3,7H2,1-2H3. The maximum Gasteiger partial charge on any atom is 0.454 e. The summed E-state index contributed by atoms with van der Waals surface area (Å²) in [4.78, 5) is 11.1. The van der Waals surface area contributed by atoms with Crippen molar-refractivity contribution in [1.29, 1.82) is 0 Å². The lowest BCUT2D eigenvalue weighted by Gasteiger charge is -2.07. The van der Waals surface area contributed by atoms with Gasteiger partial charge in [-0.1, -0.05) is 11.6 Å². The van der Waals surface area contributed by atoms with E-state index in [4.69, 9.17) is 11.6 Å². The van der Waals surface area contributed by atoms with Gasteiger partial charge in [-0.25, -0.2) is 0 Å². The number of aromatic nitrogens is 3. The van der Waals surface area contributed by atoms with Crippen molar-refractivity contribution in [2.24, 2.45) is 0 Å². The van der Waals surface area contributed by atoms with Gasteiger partial charge in [0.05, 0.1) is 23.0 Å². The van der Waals surface area contributed by atoms with Crippen LogP contribution >= 0.6 is 11.6 Å². The quantitative estimate of drug-likeness (QED) is 0.810. The second-order valence-electron chi connectivity index (χ2n) is 4.56. The van der Waals surface area contributed by atoms with Gasteiger partial charge in [-0.3, -0.25) is 9.48 Å². The van der Waals surface area contributed by atoms with Gasteiger partial charge in [-0.15, -0.1) is 0 Å². The number of carbonyl (C=O) groups excluding carboxylic acids is 1. The lowest BCUT2D eigenvalue weighted by Crippen LogP contribution is -2.22. The number of Topliss-reactive ketones (excluding diaryl/α,β-unsaturated/α-hetero) is 1. The van der Waals surface area contributed by atoms with Crippen molar-refractivity contribution in [2.75, 3.05) is 0 Å². The lowest BCUT2D eigenvalue weighted by molar-refractivity contribution is -0.0885. The van der Waals surface area contributed by atoms with Crippen molar-refractivity contribution in [2.45, 2.75) is 33.1 Å². The van der Waals surface area contributed by atoms with Gasteiger partial charge in [0.25, 0.3) is 5.78 Å². The average molecular weight is 320 g/mol. The third kappa shape index (κ3) is 3.12. The van der Waals surface area contributed by atoms with Crippen LogP contribution < -0.4 is 0 Å². The Hall–Kier alpha value is -1.76. The second-order valence-corrected chi connectivity index (χ2v) is 4.94. The third-order valence-corrected chi connectivity index (χ3v) is 3.55. The molecule has 2 aromatic heterocycles. The van der Waals surface area contributed by atoms with Gasteiger partial charge in [-0.05, 0) is 19.9 Å². The maximum absolute atomic E-state index is 12.4. The Bertz CT molecular complexity index is 673. The Labute approximate surface area is 124 Å². The predicted octanol–water partition coefficient (Wildman–Crippen LogP) is 3.46. The molecule has 0 aromatic carbocycles. The van der Waals surface area contributed by atoms with Crippen molar-refractivity contribution < 1.29 is 18.0 Å². The molecule has 8 heteroatoms. The van der Waals surface area contributed by atoms with Gasteiger partial charge in [0, 0.05) is 24.5 Å². The minimum Gasteiger partial charge on any atom is -0.348 e. The number of rotatable bonds is 4. The van der Waals surface area contributed by atoms with Gasteiger partial charge in [0.1, 0.15) is 0 Å². The topological polar surface area (TPSA) is 39.8 Å². The molecule has 0 aliphatic rings. The van der Waals surface area contributed by atoms with Gasteiger partial charge < -0.3 is 4.57 Å². The number of hydrogen-bond donors (Lipinski definition) is 0. The minimum atomic E-state index is -4.87. The van der Waals surface area contributed by atoms with Crippen molar-refractivity contribution in [3.63, 3.8) is 0 Å². The van der Waals surface area contributed by atoms with Crippen LogP contribution in [0.25, 0.3) is 0 Å². The molecule has 4 nitrogen and oxygen atoms in total. The molecule has 0 bridgehead atoms. The summed E-state index contributed by atoms with van der Waals surface area (Å²) in [6, 6.07) is 1.14. The van der Waals surface area contributed by atoms with Crippen LogP contribution in [0.2, 0.25) is 5.02 Å². The van der Waals surface area contributed by atoms with Crippen LogP contribution in [-0.2, 0) is 13.1 Å². The summed E-state index contributed by atoms with van der Waals surface area (Å²) in [5.41, 5.74) is 0.962. The lowest BCUT2D eigenvalue weighted by atomic mass is 10.2. The Morgan fingerprint density at radius 1 is 1.43 bits per heavy atom. The molecule has 0 unspecified atom stereocenters. The fourth-order valence-corrected chi connectivity index (χ4v) is 2.23. The third-order valence-electron chi connectivity index (χ3n) is 3.06. The number of carbonyl (C=O) groups is 1. The normalized spacial score (nSPS) is 11.9. The second kappa shape index (κ2) is 5.55. The van der Waals surface area contributed by atoms with Crippen LogP contribution in [-0.4, -0.2) is 26.3 Å². The van der Waals surface area contributed by atoms with E-state index >= 15 is 0 Å². The zero-order chi connectivity index (χ0) is 15.8. The first-order valence-electron chi connectivity index (χ1n) is 6.23. The van der Waals surface area contributed by atoms with E-state index in [-0.39, 0.29) is 6.54 Å². The molecule has 0 amide bonds. The summed E-state index contributed by atoms with van der Waals surface area (Å²) in [5, 5.41) is 4.71. The van der Waals surface area contributed by atoms with E-state index in [1.54, 1.807) is 11.6 Å². The van der Waals surface area contributed by atoms with Gasteiger partial charge in [-0.2, -0.15) is 18.3 Å². The van der Waals surface area contributed by atoms with Crippen LogP contribution in [0.15, 0.2) is 18.5 Å². The highest BCUT2D eigenvalue weighted by Gasteiger charge is 2.39. The average Bonchev–Trinajstić information content (AvgIpc) is 2.97. The first kappa shape index (κ1) is 15.6. The molecule has 2 aromatic rings. The van der Waals surface area contributed by atoms with Crippen molar-refractivity contribution in [3.05, 3.63) is 40.4 Å². The van der Waals surface area contributed by atoms with E-state index in [1.165, 1.54) is 10.8 Å². The van der Waals surface area contributed by atoms with Crippen molar-refractivity contribution in [3.8, 4) is 0 Å². The number of nitrogens with zero attached hydrogens (tertiary/aromatic N) is 3. The van der Waals surface area contributed by atoms with Gasteiger partial charge in [0.15, 0.2) is 0 Å². The number of alkyl halides is 3. The molecule has 0 radical (unpaired) electrons. The monoisotopic (exact) mass is 319 g/mol. The summed E-state index contributed by atoms with van der Waals surface area (Å²) in [6.45, 7) is 4.49. The van der Waals surface area contributed by atoms with E-state index in [0.717, 1.165) is 12.3 Å². The summed E-state index contributed by atoms with van der Waals surface area (Å²) in [6.07, 6.45) is -2.29. The molecule has 0 spiro atoms. The first-order valence-corrected chi connectivity index (χ1v) is 6.61. The Morgan fingerprint density at radius 3 is 2.67 bits per heavy atom. The van der Waals surface area contributed by atoms with Crippen LogP contribution in [0.5, 0.6) is 0 Å². The Balaban J connectivity index is 2.26. The van der Waals surface area contributed by atoms with Crippen LogP contribution in [0.3, 0.4) is 0 Å². The summed E-state index contributed by atoms with van der Waals surface area (Å²) in [7, 11) is 0. The first-order chi connectivity index (χ1) is 9.74. The van der Waals surface area contributed by atoms with Crippen LogP contribution in [0.1, 0.15) is 28.7 Å². The fourth-order valence-electron chi connectivity index (χ4n) is 2.03. The molecular weight excluding hydrogens is 307 g/mol. The summed E-state index contributed by atoms with van der Waals surface area (Å²) < 4.78 is 40.3. The molecule has 0 aliphatic heterocycles. The van der Waals surface area contributed by atoms with E-state index < -0.39 is 17.5 Å². The van der Waals surface area contributed by atoms with Gasteiger partial charge in [0.2, 0.25) is 0 Å². The van der Waals surface area contributed by atoms with Crippen LogP contribution in [0.4, 0.5) is 13.2 Å².